The van der Waals surface area contributed by atoms with Crippen molar-refractivity contribution in [1.82, 2.24) is 4.98 Å². The summed E-state index contributed by atoms with van der Waals surface area (Å²) in [4.78, 5) is 8.91. The van der Waals surface area contributed by atoms with Crippen molar-refractivity contribution in [2.24, 2.45) is 4.99 Å². The van der Waals surface area contributed by atoms with Crippen molar-refractivity contribution >= 4 is 17.0 Å². The van der Waals surface area contributed by atoms with Gasteiger partial charge in [0.1, 0.15) is 11.5 Å². The molecule has 2 unspecified atom stereocenters. The molecule has 2 aliphatic heterocycles. The molecular formula is C22H21FN2O2. The Hall–Kier alpha value is -2.63. The van der Waals surface area contributed by atoms with Crippen LogP contribution in [-0.4, -0.2) is 29.2 Å². The summed E-state index contributed by atoms with van der Waals surface area (Å²) < 4.78 is 25.4. The molecule has 2 aromatic rings. The summed E-state index contributed by atoms with van der Waals surface area (Å²) in [7, 11) is 0. The molecule has 0 N–H and O–H groups in total. The molecular weight excluding hydrogens is 343 g/mol. The third-order valence-corrected chi connectivity index (χ3v) is 4.77. The fraction of sp³-hybridized carbons (Fsp3) is 0.273. The first-order valence-corrected chi connectivity index (χ1v) is 9.02. The normalized spacial score (nSPS) is 25.7. The van der Waals surface area contributed by atoms with Gasteiger partial charge in [-0.3, -0.25) is 4.98 Å². The number of halogens is 1. The van der Waals surface area contributed by atoms with Crippen LogP contribution in [0.4, 0.5) is 4.39 Å². The Morgan fingerprint density at radius 2 is 1.59 bits per heavy atom. The lowest BCUT2D eigenvalue weighted by atomic mass is 9.94. The van der Waals surface area contributed by atoms with Gasteiger partial charge < -0.3 is 9.47 Å². The van der Waals surface area contributed by atoms with E-state index in [0.29, 0.717) is 5.71 Å². The number of nitrogens with zero attached hydrogens (tertiary/aromatic N) is 2. The van der Waals surface area contributed by atoms with Gasteiger partial charge in [0.05, 0.1) is 17.9 Å². The Labute approximate surface area is 158 Å². The molecule has 0 radical (unpaired) electrons. The highest BCUT2D eigenvalue weighted by atomic mass is 19.1. The van der Waals surface area contributed by atoms with Crippen LogP contribution in [0.1, 0.15) is 31.4 Å². The van der Waals surface area contributed by atoms with E-state index in [1.807, 2.05) is 26.0 Å². The second kappa shape index (κ2) is 7.18. The SMILES string of the molecule is C=C1C(C2OC(C)CC(C)O2)=NC(c2ccc(F)cc2)=C1c1ccncc1. The van der Waals surface area contributed by atoms with E-state index in [-0.39, 0.29) is 18.0 Å². The van der Waals surface area contributed by atoms with Crippen LogP contribution < -0.4 is 0 Å². The highest BCUT2D eigenvalue weighted by Gasteiger charge is 2.35. The van der Waals surface area contributed by atoms with Crippen LogP contribution in [0.3, 0.4) is 0 Å². The molecule has 5 heteroatoms. The number of aliphatic imine (C=N–C) groups is 1. The first-order chi connectivity index (χ1) is 13.0. The molecule has 1 saturated heterocycles. The molecule has 0 spiro atoms. The first-order valence-electron chi connectivity index (χ1n) is 9.02. The maximum Gasteiger partial charge on any atom is 0.202 e. The lowest BCUT2D eigenvalue weighted by Crippen LogP contribution is -2.40. The van der Waals surface area contributed by atoms with E-state index in [2.05, 4.69) is 11.6 Å². The zero-order valence-electron chi connectivity index (χ0n) is 15.4. The van der Waals surface area contributed by atoms with E-state index < -0.39 is 6.29 Å². The molecule has 2 atom stereocenters. The Morgan fingerprint density at radius 3 is 2.22 bits per heavy atom. The molecule has 4 nitrogen and oxygen atoms in total. The van der Waals surface area contributed by atoms with Crippen molar-refractivity contribution in [2.45, 2.75) is 38.8 Å². The van der Waals surface area contributed by atoms with Gasteiger partial charge >= 0.3 is 0 Å². The molecule has 1 aromatic carbocycles. The summed E-state index contributed by atoms with van der Waals surface area (Å²) in [5.74, 6) is -0.285. The largest absolute Gasteiger partial charge is 0.344 e. The Morgan fingerprint density at radius 1 is 0.963 bits per heavy atom. The Kier molecular flexibility index (Phi) is 4.72. The summed E-state index contributed by atoms with van der Waals surface area (Å²) >= 11 is 0. The van der Waals surface area contributed by atoms with Crippen molar-refractivity contribution < 1.29 is 13.9 Å². The van der Waals surface area contributed by atoms with Gasteiger partial charge in [0.15, 0.2) is 0 Å². The first kappa shape index (κ1) is 17.8. The zero-order chi connectivity index (χ0) is 19.0. The van der Waals surface area contributed by atoms with Gasteiger partial charge in [0.25, 0.3) is 0 Å². The van der Waals surface area contributed by atoms with Gasteiger partial charge in [-0.05, 0) is 62.2 Å². The number of allylic oxidation sites excluding steroid dienone is 1. The Balaban J connectivity index is 1.79. The predicted octanol–water partition coefficient (Wildman–Crippen LogP) is 4.64. The number of benzene rings is 1. The molecule has 4 rings (SSSR count). The van der Waals surface area contributed by atoms with Gasteiger partial charge in [-0.2, -0.15) is 0 Å². The summed E-state index contributed by atoms with van der Waals surface area (Å²) in [6.07, 6.45) is 3.89. The van der Waals surface area contributed by atoms with Gasteiger partial charge in [-0.15, -0.1) is 0 Å². The van der Waals surface area contributed by atoms with Crippen molar-refractivity contribution in [3.63, 3.8) is 0 Å². The van der Waals surface area contributed by atoms with Crippen molar-refractivity contribution in [3.8, 4) is 0 Å². The summed E-state index contributed by atoms with van der Waals surface area (Å²) in [6.45, 7) is 8.33. The van der Waals surface area contributed by atoms with Crippen LogP contribution in [-0.2, 0) is 9.47 Å². The molecule has 0 bridgehead atoms. The molecule has 1 fully saturated rings. The maximum absolute atomic E-state index is 13.4. The molecule has 138 valence electrons. The predicted molar refractivity (Wildman–Crippen MR) is 104 cm³/mol. The quantitative estimate of drug-likeness (QED) is 0.797. The minimum Gasteiger partial charge on any atom is -0.344 e. The molecule has 0 saturated carbocycles. The average Bonchev–Trinajstić information content (AvgIpc) is 2.99. The van der Waals surface area contributed by atoms with Crippen LogP contribution in [0, 0.1) is 5.82 Å². The van der Waals surface area contributed by atoms with E-state index >= 15 is 0 Å². The molecule has 0 aliphatic carbocycles. The monoisotopic (exact) mass is 364 g/mol. The molecule has 1 aromatic heterocycles. The lowest BCUT2D eigenvalue weighted by molar-refractivity contribution is -0.199. The van der Waals surface area contributed by atoms with Gasteiger partial charge in [0.2, 0.25) is 6.29 Å². The topological polar surface area (TPSA) is 43.7 Å². The van der Waals surface area contributed by atoms with Crippen LogP contribution in [0.5, 0.6) is 0 Å². The summed E-state index contributed by atoms with van der Waals surface area (Å²) in [5, 5.41) is 0. The minimum atomic E-state index is -0.564. The average molecular weight is 364 g/mol. The molecule has 3 heterocycles. The smallest absolute Gasteiger partial charge is 0.202 e. The highest BCUT2D eigenvalue weighted by molar-refractivity contribution is 6.25. The van der Waals surface area contributed by atoms with Gasteiger partial charge in [0, 0.05) is 29.1 Å². The Bertz CT molecular complexity index is 909. The van der Waals surface area contributed by atoms with E-state index in [1.54, 1.807) is 24.5 Å². The fourth-order valence-electron chi connectivity index (χ4n) is 3.52. The van der Waals surface area contributed by atoms with Crippen molar-refractivity contribution in [1.29, 1.82) is 0 Å². The van der Waals surface area contributed by atoms with Gasteiger partial charge in [-0.1, -0.05) is 6.58 Å². The van der Waals surface area contributed by atoms with Crippen LogP contribution in [0.25, 0.3) is 11.3 Å². The summed E-state index contributed by atoms with van der Waals surface area (Å²) in [6, 6.07) is 10.1. The fourth-order valence-corrected chi connectivity index (χ4v) is 3.52. The van der Waals surface area contributed by atoms with E-state index in [1.165, 1.54) is 12.1 Å². The van der Waals surface area contributed by atoms with Crippen molar-refractivity contribution in [2.75, 3.05) is 0 Å². The summed E-state index contributed by atoms with van der Waals surface area (Å²) in [5.41, 5.74) is 4.81. The number of ether oxygens (including phenoxy) is 2. The zero-order valence-corrected chi connectivity index (χ0v) is 15.4. The second-order valence-electron chi connectivity index (χ2n) is 6.90. The minimum absolute atomic E-state index is 0.0773. The van der Waals surface area contributed by atoms with Crippen LogP contribution in [0.15, 0.2) is 65.9 Å². The third kappa shape index (κ3) is 3.48. The van der Waals surface area contributed by atoms with E-state index in [9.17, 15) is 4.39 Å². The molecule has 27 heavy (non-hydrogen) atoms. The van der Waals surface area contributed by atoms with Crippen molar-refractivity contribution in [3.05, 3.63) is 77.9 Å². The molecule has 0 amide bonds. The number of hydrogen-bond acceptors (Lipinski definition) is 4. The third-order valence-electron chi connectivity index (χ3n) is 4.77. The van der Waals surface area contributed by atoms with Crippen LogP contribution in [0.2, 0.25) is 0 Å². The highest BCUT2D eigenvalue weighted by Crippen LogP contribution is 2.40. The van der Waals surface area contributed by atoms with E-state index in [4.69, 9.17) is 14.5 Å². The van der Waals surface area contributed by atoms with Crippen LogP contribution >= 0.6 is 0 Å². The number of rotatable bonds is 3. The second-order valence-corrected chi connectivity index (χ2v) is 6.90. The standard InChI is InChI=1S/C22H21FN2O2/c1-13-12-14(2)27-22(26-13)20-15(3)19(16-8-10-24-11-9-16)21(25-20)17-4-6-18(23)7-5-17/h4-11,13-14,22H,3,12H2,1-2H3. The number of aromatic nitrogens is 1. The van der Waals surface area contributed by atoms with E-state index in [0.717, 1.165) is 34.4 Å². The number of pyridine rings is 1. The molecule has 2 aliphatic rings. The number of hydrogen-bond donors (Lipinski definition) is 0. The lowest BCUT2D eigenvalue weighted by Gasteiger charge is -2.33. The maximum atomic E-state index is 13.4. The van der Waals surface area contributed by atoms with Gasteiger partial charge in [-0.25, -0.2) is 9.38 Å².